The van der Waals surface area contributed by atoms with Gasteiger partial charge in [-0.2, -0.15) is 0 Å². The standard InChI is InChI=1S/C12H14FN3O3/c13-9-2-1-7(5-8(9)10(14)17)16-11(18)12(15)3-4-19-6-12/h1-2,5H,3-4,6,15H2,(H2,14,17)(H,16,18). The van der Waals surface area contributed by atoms with Gasteiger partial charge < -0.3 is 21.5 Å². The van der Waals surface area contributed by atoms with Crippen molar-refractivity contribution >= 4 is 17.5 Å². The summed E-state index contributed by atoms with van der Waals surface area (Å²) in [7, 11) is 0. The third-order valence-corrected chi connectivity index (χ3v) is 2.99. The number of rotatable bonds is 3. The van der Waals surface area contributed by atoms with Gasteiger partial charge in [0, 0.05) is 12.3 Å². The minimum atomic E-state index is -1.10. The minimum absolute atomic E-state index is 0.128. The molecular formula is C12H14FN3O3. The number of halogens is 1. The molecule has 1 fully saturated rings. The van der Waals surface area contributed by atoms with Crippen molar-refractivity contribution < 1.29 is 18.7 Å². The number of carbonyl (C=O) groups excluding carboxylic acids is 2. The number of nitrogens with two attached hydrogens (primary N) is 2. The highest BCUT2D eigenvalue weighted by Crippen LogP contribution is 2.20. The Hall–Kier alpha value is -1.99. The third kappa shape index (κ3) is 2.72. The summed E-state index contributed by atoms with van der Waals surface area (Å²) in [6.07, 6.45) is 0.405. The molecule has 6 nitrogen and oxygen atoms in total. The van der Waals surface area contributed by atoms with Crippen LogP contribution < -0.4 is 16.8 Å². The van der Waals surface area contributed by atoms with E-state index < -0.39 is 23.2 Å². The summed E-state index contributed by atoms with van der Waals surface area (Å²) in [5, 5.41) is 2.53. The maximum atomic E-state index is 13.3. The monoisotopic (exact) mass is 267 g/mol. The smallest absolute Gasteiger partial charge is 0.251 e. The number of carbonyl (C=O) groups is 2. The first kappa shape index (κ1) is 13.4. The summed E-state index contributed by atoms with van der Waals surface area (Å²) in [5.41, 5.74) is 9.78. The Morgan fingerprint density at radius 3 is 2.74 bits per heavy atom. The molecule has 7 heteroatoms. The van der Waals surface area contributed by atoms with E-state index in [-0.39, 0.29) is 17.9 Å². The van der Waals surface area contributed by atoms with Crippen LogP contribution in [0.15, 0.2) is 18.2 Å². The summed E-state index contributed by atoms with van der Waals surface area (Å²) in [6.45, 7) is 0.544. The number of ether oxygens (including phenoxy) is 1. The van der Waals surface area contributed by atoms with Crippen molar-refractivity contribution in [3.63, 3.8) is 0 Å². The van der Waals surface area contributed by atoms with Crippen LogP contribution in [0.4, 0.5) is 10.1 Å². The fraction of sp³-hybridized carbons (Fsp3) is 0.333. The maximum absolute atomic E-state index is 13.3. The lowest BCUT2D eigenvalue weighted by molar-refractivity contribution is -0.121. The van der Waals surface area contributed by atoms with Crippen LogP contribution in [0.2, 0.25) is 0 Å². The molecule has 1 saturated heterocycles. The number of benzene rings is 1. The molecule has 1 aliphatic rings. The van der Waals surface area contributed by atoms with Gasteiger partial charge in [0.2, 0.25) is 5.91 Å². The Bertz CT molecular complexity index is 527. The molecule has 0 aromatic heterocycles. The fourth-order valence-electron chi connectivity index (χ4n) is 1.81. The van der Waals surface area contributed by atoms with Crippen LogP contribution in [0, 0.1) is 5.82 Å². The number of hydrogen-bond acceptors (Lipinski definition) is 4. The van der Waals surface area contributed by atoms with E-state index in [1.54, 1.807) is 0 Å². The van der Waals surface area contributed by atoms with Crippen molar-refractivity contribution in [3.8, 4) is 0 Å². The van der Waals surface area contributed by atoms with Gasteiger partial charge in [0.25, 0.3) is 5.91 Å². The molecule has 1 atom stereocenters. The predicted octanol–water partition coefficient (Wildman–Crippen LogP) is -0.0191. The number of hydrogen-bond donors (Lipinski definition) is 3. The SMILES string of the molecule is NC(=O)c1cc(NC(=O)C2(N)CCOC2)ccc1F. The molecule has 0 bridgehead atoms. The van der Waals surface area contributed by atoms with E-state index >= 15 is 0 Å². The van der Waals surface area contributed by atoms with Gasteiger partial charge in [0.15, 0.2) is 0 Å². The van der Waals surface area contributed by atoms with E-state index in [9.17, 15) is 14.0 Å². The lowest BCUT2D eigenvalue weighted by Gasteiger charge is -2.20. The van der Waals surface area contributed by atoms with Crippen LogP contribution in [0.1, 0.15) is 16.8 Å². The van der Waals surface area contributed by atoms with Gasteiger partial charge in [0.1, 0.15) is 11.4 Å². The van der Waals surface area contributed by atoms with E-state index in [4.69, 9.17) is 16.2 Å². The Balaban J connectivity index is 2.17. The fourth-order valence-corrected chi connectivity index (χ4v) is 1.81. The van der Waals surface area contributed by atoms with E-state index in [2.05, 4.69) is 5.32 Å². The van der Waals surface area contributed by atoms with Gasteiger partial charge >= 0.3 is 0 Å². The van der Waals surface area contributed by atoms with Gasteiger partial charge in [-0.05, 0) is 24.6 Å². The van der Waals surface area contributed by atoms with E-state index in [0.29, 0.717) is 13.0 Å². The highest BCUT2D eigenvalue weighted by atomic mass is 19.1. The van der Waals surface area contributed by atoms with Gasteiger partial charge in [-0.3, -0.25) is 9.59 Å². The van der Waals surface area contributed by atoms with E-state index in [1.807, 2.05) is 0 Å². The number of amides is 2. The molecule has 0 radical (unpaired) electrons. The molecule has 1 aromatic rings. The lowest BCUT2D eigenvalue weighted by Crippen LogP contribution is -2.51. The maximum Gasteiger partial charge on any atom is 0.251 e. The minimum Gasteiger partial charge on any atom is -0.379 e. The van der Waals surface area contributed by atoms with Crippen LogP contribution in [-0.4, -0.2) is 30.6 Å². The average Bonchev–Trinajstić information content (AvgIpc) is 2.79. The van der Waals surface area contributed by atoms with Gasteiger partial charge in [-0.15, -0.1) is 0 Å². The largest absolute Gasteiger partial charge is 0.379 e. The molecular weight excluding hydrogens is 253 g/mol. The Morgan fingerprint density at radius 2 is 2.16 bits per heavy atom. The summed E-state index contributed by atoms with van der Waals surface area (Å²) >= 11 is 0. The second-order valence-corrected chi connectivity index (χ2v) is 4.47. The topological polar surface area (TPSA) is 107 Å². The summed E-state index contributed by atoms with van der Waals surface area (Å²) in [6, 6.07) is 3.57. The van der Waals surface area contributed by atoms with Crippen LogP contribution in [0.5, 0.6) is 0 Å². The molecule has 1 aliphatic heterocycles. The van der Waals surface area contributed by atoms with Crippen LogP contribution in [0.25, 0.3) is 0 Å². The number of anilines is 1. The zero-order valence-electron chi connectivity index (χ0n) is 10.1. The van der Waals surface area contributed by atoms with Crippen molar-refractivity contribution in [2.45, 2.75) is 12.0 Å². The van der Waals surface area contributed by atoms with Crippen LogP contribution >= 0.6 is 0 Å². The quantitative estimate of drug-likeness (QED) is 0.715. The third-order valence-electron chi connectivity index (χ3n) is 2.99. The second kappa shape index (κ2) is 4.94. The number of nitrogens with one attached hydrogen (secondary N) is 1. The Morgan fingerprint density at radius 1 is 1.42 bits per heavy atom. The molecule has 1 aromatic carbocycles. The van der Waals surface area contributed by atoms with Gasteiger partial charge in [-0.1, -0.05) is 0 Å². The molecule has 0 aliphatic carbocycles. The Kier molecular flexibility index (Phi) is 3.50. The molecule has 0 spiro atoms. The zero-order valence-corrected chi connectivity index (χ0v) is 10.1. The van der Waals surface area contributed by atoms with Crippen molar-refractivity contribution in [1.82, 2.24) is 0 Å². The molecule has 102 valence electrons. The first-order valence-corrected chi connectivity index (χ1v) is 5.70. The van der Waals surface area contributed by atoms with Crippen molar-refractivity contribution in [1.29, 1.82) is 0 Å². The molecule has 1 unspecified atom stereocenters. The van der Waals surface area contributed by atoms with Crippen LogP contribution in [-0.2, 0) is 9.53 Å². The molecule has 5 N–H and O–H groups in total. The van der Waals surface area contributed by atoms with Crippen LogP contribution in [0.3, 0.4) is 0 Å². The lowest BCUT2D eigenvalue weighted by atomic mass is 9.99. The second-order valence-electron chi connectivity index (χ2n) is 4.47. The molecule has 0 saturated carbocycles. The normalized spacial score (nSPS) is 22.2. The Labute approximate surface area is 108 Å². The van der Waals surface area contributed by atoms with Gasteiger partial charge in [-0.25, -0.2) is 4.39 Å². The van der Waals surface area contributed by atoms with Crippen molar-refractivity contribution in [2.75, 3.05) is 18.5 Å². The average molecular weight is 267 g/mol. The van der Waals surface area contributed by atoms with Crippen molar-refractivity contribution in [2.24, 2.45) is 11.5 Å². The summed E-state index contributed by atoms with van der Waals surface area (Å²) < 4.78 is 18.4. The van der Waals surface area contributed by atoms with E-state index in [1.165, 1.54) is 12.1 Å². The van der Waals surface area contributed by atoms with E-state index in [0.717, 1.165) is 6.07 Å². The molecule has 1 heterocycles. The molecule has 2 amide bonds. The predicted molar refractivity (Wildman–Crippen MR) is 65.9 cm³/mol. The first-order valence-electron chi connectivity index (χ1n) is 5.70. The highest BCUT2D eigenvalue weighted by Gasteiger charge is 2.38. The summed E-state index contributed by atoms with van der Waals surface area (Å²) in [4.78, 5) is 23.0. The number of primary amides is 1. The highest BCUT2D eigenvalue weighted by molar-refractivity contribution is 6.00. The van der Waals surface area contributed by atoms with Crippen molar-refractivity contribution in [3.05, 3.63) is 29.6 Å². The molecule has 2 rings (SSSR count). The molecule has 19 heavy (non-hydrogen) atoms. The zero-order chi connectivity index (χ0) is 14.0. The first-order chi connectivity index (χ1) is 8.92. The van der Waals surface area contributed by atoms with Gasteiger partial charge in [0.05, 0.1) is 12.2 Å². The summed E-state index contributed by atoms with van der Waals surface area (Å²) in [5.74, 6) is -2.08.